The molecule has 3 heteroatoms. The first kappa shape index (κ1) is 14.7. The molecule has 116 valence electrons. The summed E-state index contributed by atoms with van der Waals surface area (Å²) in [7, 11) is 0. The Morgan fingerprint density at radius 2 is 2.00 bits per heavy atom. The molecular formula is C18H26INO. The zero-order valence-electron chi connectivity index (χ0n) is 13.1. The van der Waals surface area contributed by atoms with Gasteiger partial charge in [-0.1, -0.05) is 19.9 Å². The second-order valence-corrected chi connectivity index (χ2v) is 9.73. The summed E-state index contributed by atoms with van der Waals surface area (Å²) in [6.07, 6.45) is 9.94. The predicted octanol–water partition coefficient (Wildman–Crippen LogP) is 4.22. The van der Waals surface area contributed by atoms with Crippen molar-refractivity contribution < 1.29 is 4.79 Å². The molecule has 6 atom stereocenters. The van der Waals surface area contributed by atoms with Crippen LogP contribution >= 0.6 is 22.6 Å². The summed E-state index contributed by atoms with van der Waals surface area (Å²) in [4.78, 5) is 12.1. The van der Waals surface area contributed by atoms with E-state index >= 15 is 0 Å². The van der Waals surface area contributed by atoms with Gasteiger partial charge in [0.15, 0.2) is 0 Å². The molecule has 0 radical (unpaired) electrons. The normalized spacial score (nSPS) is 55.7. The number of hydrogen-bond donors (Lipinski definition) is 1. The van der Waals surface area contributed by atoms with Gasteiger partial charge in [0.25, 0.3) is 0 Å². The molecule has 1 unspecified atom stereocenters. The number of hydrogen-bond acceptors (Lipinski definition) is 2. The highest BCUT2D eigenvalue weighted by Gasteiger charge is 2.65. The molecule has 21 heavy (non-hydrogen) atoms. The van der Waals surface area contributed by atoms with E-state index < -0.39 is 0 Å². The van der Waals surface area contributed by atoms with E-state index in [-0.39, 0.29) is 11.0 Å². The van der Waals surface area contributed by atoms with E-state index in [2.05, 4.69) is 42.5 Å². The SMILES string of the molecule is C[C@]12CC(=O)CC1CC[C@H]1[C@@H]3CC=C(I)[C@@]3(C)CC[C@@]12N. The van der Waals surface area contributed by atoms with Gasteiger partial charge < -0.3 is 5.73 Å². The number of ketones is 1. The first-order valence-corrected chi connectivity index (χ1v) is 9.56. The maximum Gasteiger partial charge on any atom is 0.133 e. The molecule has 4 aliphatic rings. The average Bonchev–Trinajstić information content (AvgIpc) is 2.88. The summed E-state index contributed by atoms with van der Waals surface area (Å²) < 4.78 is 1.56. The zero-order valence-corrected chi connectivity index (χ0v) is 15.3. The maximum absolute atomic E-state index is 12.1. The van der Waals surface area contributed by atoms with Crippen LogP contribution in [0.4, 0.5) is 0 Å². The van der Waals surface area contributed by atoms with Crippen LogP contribution in [-0.2, 0) is 4.79 Å². The Labute approximate surface area is 141 Å². The Hall–Kier alpha value is 0.1000. The van der Waals surface area contributed by atoms with Gasteiger partial charge in [-0.2, -0.15) is 0 Å². The quantitative estimate of drug-likeness (QED) is 0.620. The lowest BCUT2D eigenvalue weighted by atomic mass is 9.45. The summed E-state index contributed by atoms with van der Waals surface area (Å²) in [6, 6.07) is 0. The molecule has 0 aromatic carbocycles. The van der Waals surface area contributed by atoms with Crippen molar-refractivity contribution >= 4 is 28.4 Å². The topological polar surface area (TPSA) is 43.1 Å². The molecule has 0 amide bonds. The average molecular weight is 399 g/mol. The molecule has 3 saturated carbocycles. The lowest BCUT2D eigenvalue weighted by molar-refractivity contribution is -0.119. The highest BCUT2D eigenvalue weighted by atomic mass is 127. The number of fused-ring (bicyclic) bond motifs is 5. The van der Waals surface area contributed by atoms with E-state index in [9.17, 15) is 4.79 Å². The molecule has 0 aliphatic heterocycles. The van der Waals surface area contributed by atoms with E-state index in [0.717, 1.165) is 19.3 Å². The van der Waals surface area contributed by atoms with Crippen molar-refractivity contribution in [3.8, 4) is 0 Å². The Kier molecular flexibility index (Phi) is 3.03. The van der Waals surface area contributed by atoms with Gasteiger partial charge in [-0.3, -0.25) is 4.79 Å². The fourth-order valence-electron chi connectivity index (χ4n) is 6.46. The van der Waals surface area contributed by atoms with Crippen molar-refractivity contribution in [3.05, 3.63) is 9.66 Å². The number of rotatable bonds is 0. The summed E-state index contributed by atoms with van der Waals surface area (Å²) in [5.41, 5.74) is 7.44. The van der Waals surface area contributed by atoms with Crippen LogP contribution in [0.1, 0.15) is 58.8 Å². The van der Waals surface area contributed by atoms with Crippen LogP contribution in [0.5, 0.6) is 0 Å². The summed E-state index contributed by atoms with van der Waals surface area (Å²) in [5.74, 6) is 2.31. The molecule has 0 aromatic heterocycles. The lowest BCUT2D eigenvalue weighted by Crippen LogP contribution is -2.67. The van der Waals surface area contributed by atoms with Crippen molar-refractivity contribution in [3.63, 3.8) is 0 Å². The van der Waals surface area contributed by atoms with Crippen molar-refractivity contribution in [2.45, 2.75) is 64.3 Å². The van der Waals surface area contributed by atoms with E-state index in [0.29, 0.717) is 29.0 Å². The Balaban J connectivity index is 1.75. The summed E-state index contributed by atoms with van der Waals surface area (Å²) in [5, 5.41) is 0. The zero-order chi connectivity index (χ0) is 15.0. The second kappa shape index (κ2) is 4.34. The third kappa shape index (κ3) is 1.65. The molecule has 2 nitrogen and oxygen atoms in total. The van der Waals surface area contributed by atoms with Crippen molar-refractivity contribution in [1.29, 1.82) is 0 Å². The number of Topliss-reactive ketones (excluding diaryl/α,β-unsaturated/α-hetero) is 1. The van der Waals surface area contributed by atoms with Gasteiger partial charge in [-0.15, -0.1) is 0 Å². The van der Waals surface area contributed by atoms with Crippen molar-refractivity contribution in [2.75, 3.05) is 0 Å². The van der Waals surface area contributed by atoms with E-state index in [1.54, 1.807) is 3.58 Å². The summed E-state index contributed by atoms with van der Waals surface area (Å²) >= 11 is 2.56. The van der Waals surface area contributed by atoms with E-state index in [1.165, 1.54) is 25.7 Å². The maximum atomic E-state index is 12.1. The lowest BCUT2D eigenvalue weighted by Gasteiger charge is -2.62. The number of halogens is 1. The van der Waals surface area contributed by atoms with Crippen LogP contribution in [0.25, 0.3) is 0 Å². The Morgan fingerprint density at radius 3 is 2.76 bits per heavy atom. The van der Waals surface area contributed by atoms with Gasteiger partial charge in [0, 0.05) is 23.8 Å². The minimum atomic E-state index is -0.110. The highest BCUT2D eigenvalue weighted by molar-refractivity contribution is 14.1. The van der Waals surface area contributed by atoms with Crippen LogP contribution in [-0.4, -0.2) is 11.3 Å². The van der Waals surface area contributed by atoms with Crippen molar-refractivity contribution in [1.82, 2.24) is 0 Å². The number of carbonyl (C=O) groups excluding carboxylic acids is 1. The third-order valence-corrected chi connectivity index (χ3v) is 9.62. The van der Waals surface area contributed by atoms with E-state index in [1.807, 2.05) is 0 Å². The molecule has 4 aliphatic carbocycles. The predicted molar refractivity (Wildman–Crippen MR) is 93.0 cm³/mol. The molecule has 0 heterocycles. The molecule has 2 N–H and O–H groups in total. The van der Waals surface area contributed by atoms with Gasteiger partial charge in [-0.25, -0.2) is 0 Å². The van der Waals surface area contributed by atoms with Crippen LogP contribution in [0.15, 0.2) is 9.66 Å². The Morgan fingerprint density at radius 1 is 1.24 bits per heavy atom. The molecule has 0 bridgehead atoms. The van der Waals surface area contributed by atoms with Crippen LogP contribution in [0.2, 0.25) is 0 Å². The second-order valence-electron chi connectivity index (χ2n) is 8.57. The fourth-order valence-corrected chi connectivity index (χ4v) is 7.39. The molecule has 0 aromatic rings. The first-order valence-electron chi connectivity index (χ1n) is 8.48. The van der Waals surface area contributed by atoms with Crippen LogP contribution in [0, 0.1) is 28.6 Å². The third-order valence-electron chi connectivity index (χ3n) is 7.95. The number of nitrogens with two attached hydrogens (primary N) is 1. The number of allylic oxidation sites excluding steroid dienone is 2. The van der Waals surface area contributed by atoms with Gasteiger partial charge >= 0.3 is 0 Å². The van der Waals surface area contributed by atoms with Gasteiger partial charge in [0.1, 0.15) is 5.78 Å². The van der Waals surface area contributed by atoms with Gasteiger partial charge in [0.05, 0.1) is 0 Å². The van der Waals surface area contributed by atoms with Gasteiger partial charge in [-0.05, 0) is 81.4 Å². The molecule has 4 rings (SSSR count). The fraction of sp³-hybridized carbons (Fsp3) is 0.833. The van der Waals surface area contributed by atoms with Crippen LogP contribution < -0.4 is 5.73 Å². The van der Waals surface area contributed by atoms with Crippen molar-refractivity contribution in [2.24, 2.45) is 34.3 Å². The minimum Gasteiger partial charge on any atom is -0.324 e. The van der Waals surface area contributed by atoms with E-state index in [4.69, 9.17) is 5.73 Å². The number of carbonyl (C=O) groups is 1. The highest BCUT2D eigenvalue weighted by Crippen LogP contribution is 2.67. The molecule has 0 saturated heterocycles. The smallest absolute Gasteiger partial charge is 0.133 e. The summed E-state index contributed by atoms with van der Waals surface area (Å²) in [6.45, 7) is 4.79. The molecule has 0 spiro atoms. The Bertz CT molecular complexity index is 543. The minimum absolute atomic E-state index is 0.0579. The molecular weight excluding hydrogens is 373 g/mol. The largest absolute Gasteiger partial charge is 0.324 e. The van der Waals surface area contributed by atoms with Gasteiger partial charge in [0.2, 0.25) is 0 Å². The standard InChI is InChI=1S/C18H26INO/c1-16-7-8-18(20)14(13(16)5-6-15(16)19)4-3-11-9-12(21)10-17(11,18)2/h6,11,13-14H,3-5,7-10,20H2,1-2H3/t11?,13-,14-,16-,17-,18+/m0/s1. The first-order chi connectivity index (χ1) is 9.81. The molecule has 3 fully saturated rings. The monoisotopic (exact) mass is 399 g/mol. The van der Waals surface area contributed by atoms with Crippen LogP contribution in [0.3, 0.4) is 0 Å².